The summed E-state index contributed by atoms with van der Waals surface area (Å²) in [5.74, 6) is 1.04. The van der Waals surface area contributed by atoms with Gasteiger partial charge in [0.1, 0.15) is 0 Å². The minimum atomic E-state index is -2.76. The molecule has 0 radical (unpaired) electrons. The van der Waals surface area contributed by atoms with Gasteiger partial charge in [0.15, 0.2) is 9.84 Å². The molecule has 3 rings (SSSR count). The molecular formula is C12H18ClN3O2S. The Bertz CT molecular complexity index is 557. The molecule has 2 atom stereocenters. The van der Waals surface area contributed by atoms with Crippen LogP contribution in [0.25, 0.3) is 0 Å². The van der Waals surface area contributed by atoms with Crippen LogP contribution in [-0.2, 0) is 9.84 Å². The van der Waals surface area contributed by atoms with Gasteiger partial charge in [-0.25, -0.2) is 8.42 Å². The Morgan fingerprint density at radius 1 is 1.42 bits per heavy atom. The maximum atomic E-state index is 11.5. The van der Waals surface area contributed by atoms with E-state index in [1.807, 2.05) is 10.9 Å². The van der Waals surface area contributed by atoms with E-state index in [4.69, 9.17) is 11.6 Å². The number of hydrogen-bond donors (Lipinski definition) is 0. The van der Waals surface area contributed by atoms with Crippen LogP contribution >= 0.6 is 11.6 Å². The maximum absolute atomic E-state index is 11.5. The van der Waals surface area contributed by atoms with Gasteiger partial charge >= 0.3 is 0 Å². The highest BCUT2D eigenvalue weighted by molar-refractivity contribution is 7.91. The lowest BCUT2D eigenvalue weighted by Gasteiger charge is -2.19. The SMILES string of the molecule is O=S1(=O)CCC(CN2CCC(n3cc(Cl)cn3)C2)C1. The number of nitrogens with zero attached hydrogens (tertiary/aromatic N) is 3. The molecule has 19 heavy (non-hydrogen) atoms. The molecule has 7 heteroatoms. The minimum absolute atomic E-state index is 0.310. The summed E-state index contributed by atoms with van der Waals surface area (Å²) in [4.78, 5) is 2.35. The van der Waals surface area contributed by atoms with Crippen LogP contribution in [0.1, 0.15) is 18.9 Å². The summed E-state index contributed by atoms with van der Waals surface area (Å²) in [5.41, 5.74) is 0. The maximum Gasteiger partial charge on any atom is 0.150 e. The van der Waals surface area contributed by atoms with Crippen LogP contribution in [0, 0.1) is 5.92 Å². The van der Waals surface area contributed by atoms with E-state index in [1.54, 1.807) is 6.20 Å². The Morgan fingerprint density at radius 3 is 2.89 bits per heavy atom. The van der Waals surface area contributed by atoms with E-state index in [0.29, 0.717) is 28.5 Å². The van der Waals surface area contributed by atoms with Crippen molar-refractivity contribution in [3.05, 3.63) is 17.4 Å². The third kappa shape index (κ3) is 3.12. The molecule has 0 N–H and O–H groups in total. The smallest absolute Gasteiger partial charge is 0.150 e. The fourth-order valence-electron chi connectivity index (χ4n) is 3.09. The molecule has 5 nitrogen and oxygen atoms in total. The number of rotatable bonds is 3. The zero-order valence-electron chi connectivity index (χ0n) is 10.7. The average molecular weight is 304 g/mol. The standard InChI is InChI=1S/C12H18ClN3O2S/c13-11-5-14-16(7-11)12-1-3-15(8-12)6-10-2-4-19(17,18)9-10/h5,7,10,12H,1-4,6,8-9H2. The van der Waals surface area contributed by atoms with Crippen molar-refractivity contribution in [1.29, 1.82) is 0 Å². The van der Waals surface area contributed by atoms with Gasteiger partial charge in [-0.05, 0) is 18.8 Å². The van der Waals surface area contributed by atoms with Gasteiger partial charge in [0.2, 0.25) is 0 Å². The molecule has 1 aromatic rings. The molecule has 2 saturated heterocycles. The van der Waals surface area contributed by atoms with Crippen LogP contribution in [0.15, 0.2) is 12.4 Å². The van der Waals surface area contributed by atoms with E-state index in [0.717, 1.165) is 32.5 Å². The molecule has 0 saturated carbocycles. The zero-order valence-corrected chi connectivity index (χ0v) is 12.3. The minimum Gasteiger partial charge on any atom is -0.301 e. The first-order valence-electron chi connectivity index (χ1n) is 6.64. The highest BCUT2D eigenvalue weighted by Gasteiger charge is 2.32. The monoisotopic (exact) mass is 303 g/mol. The van der Waals surface area contributed by atoms with Gasteiger partial charge in [0, 0.05) is 25.8 Å². The van der Waals surface area contributed by atoms with Crippen molar-refractivity contribution < 1.29 is 8.42 Å². The first kappa shape index (κ1) is 13.4. The number of halogens is 1. The summed E-state index contributed by atoms with van der Waals surface area (Å²) in [5, 5.41) is 4.92. The predicted molar refractivity (Wildman–Crippen MR) is 74.1 cm³/mol. The molecule has 106 valence electrons. The molecule has 1 aromatic heterocycles. The molecule has 0 amide bonds. The Labute approximate surface area is 118 Å². The zero-order chi connectivity index (χ0) is 13.5. The van der Waals surface area contributed by atoms with E-state index >= 15 is 0 Å². The third-order valence-corrected chi connectivity index (χ3v) is 6.07. The second-order valence-electron chi connectivity index (χ2n) is 5.61. The Kier molecular flexibility index (Phi) is 3.57. The van der Waals surface area contributed by atoms with Crippen molar-refractivity contribution in [3.8, 4) is 0 Å². The molecule has 0 bridgehead atoms. The summed E-state index contributed by atoms with van der Waals surface area (Å²) < 4.78 is 24.8. The molecule has 2 aliphatic rings. The topological polar surface area (TPSA) is 55.2 Å². The van der Waals surface area contributed by atoms with Gasteiger partial charge in [-0.2, -0.15) is 5.10 Å². The fraction of sp³-hybridized carbons (Fsp3) is 0.750. The Morgan fingerprint density at radius 2 is 2.26 bits per heavy atom. The van der Waals surface area contributed by atoms with Crippen molar-refractivity contribution in [1.82, 2.24) is 14.7 Å². The van der Waals surface area contributed by atoms with Gasteiger partial charge in [-0.15, -0.1) is 0 Å². The molecule has 2 unspecified atom stereocenters. The quantitative estimate of drug-likeness (QED) is 0.842. The van der Waals surface area contributed by atoms with Crippen molar-refractivity contribution in [3.63, 3.8) is 0 Å². The number of hydrogen-bond acceptors (Lipinski definition) is 4. The summed E-state index contributed by atoms with van der Waals surface area (Å²) in [6, 6.07) is 0.366. The second-order valence-corrected chi connectivity index (χ2v) is 8.27. The van der Waals surface area contributed by atoms with Crippen molar-refractivity contribution >= 4 is 21.4 Å². The number of likely N-dealkylation sites (tertiary alicyclic amines) is 1. The van der Waals surface area contributed by atoms with Crippen LogP contribution in [0.4, 0.5) is 0 Å². The molecule has 0 spiro atoms. The van der Waals surface area contributed by atoms with Crippen molar-refractivity contribution in [2.75, 3.05) is 31.1 Å². The van der Waals surface area contributed by atoms with E-state index in [9.17, 15) is 8.42 Å². The van der Waals surface area contributed by atoms with Crippen LogP contribution < -0.4 is 0 Å². The van der Waals surface area contributed by atoms with E-state index in [2.05, 4.69) is 10.00 Å². The summed E-state index contributed by atoms with van der Waals surface area (Å²) in [6.45, 7) is 2.85. The highest BCUT2D eigenvalue weighted by Crippen LogP contribution is 2.26. The Balaban J connectivity index is 1.55. The second kappa shape index (κ2) is 5.07. The van der Waals surface area contributed by atoms with Crippen molar-refractivity contribution in [2.24, 2.45) is 5.92 Å². The first-order chi connectivity index (χ1) is 9.02. The lowest BCUT2D eigenvalue weighted by Crippen LogP contribution is -2.28. The van der Waals surface area contributed by atoms with Gasteiger partial charge in [0.25, 0.3) is 0 Å². The van der Waals surface area contributed by atoms with Crippen LogP contribution in [0.2, 0.25) is 5.02 Å². The largest absolute Gasteiger partial charge is 0.301 e. The Hall–Kier alpha value is -0.590. The lowest BCUT2D eigenvalue weighted by molar-refractivity contribution is 0.277. The van der Waals surface area contributed by atoms with E-state index in [1.165, 1.54) is 0 Å². The van der Waals surface area contributed by atoms with Gasteiger partial charge in [0.05, 0.1) is 28.8 Å². The molecule has 3 heterocycles. The molecule has 2 aliphatic heterocycles. The van der Waals surface area contributed by atoms with E-state index in [-0.39, 0.29) is 0 Å². The highest BCUT2D eigenvalue weighted by atomic mass is 35.5. The van der Waals surface area contributed by atoms with Gasteiger partial charge < -0.3 is 4.90 Å². The molecule has 0 aliphatic carbocycles. The van der Waals surface area contributed by atoms with E-state index < -0.39 is 9.84 Å². The van der Waals surface area contributed by atoms with Crippen LogP contribution in [-0.4, -0.2) is 54.2 Å². The lowest BCUT2D eigenvalue weighted by atomic mass is 10.1. The number of sulfone groups is 1. The summed E-state index contributed by atoms with van der Waals surface area (Å²) in [7, 11) is -2.76. The van der Waals surface area contributed by atoms with Gasteiger partial charge in [-0.3, -0.25) is 4.68 Å². The first-order valence-corrected chi connectivity index (χ1v) is 8.84. The molecular weight excluding hydrogens is 286 g/mol. The summed E-state index contributed by atoms with van der Waals surface area (Å²) in [6.07, 6.45) is 5.39. The predicted octanol–water partition coefficient (Wildman–Crippen LogP) is 1.22. The van der Waals surface area contributed by atoms with Crippen LogP contribution in [0.3, 0.4) is 0 Å². The van der Waals surface area contributed by atoms with Gasteiger partial charge in [-0.1, -0.05) is 11.6 Å². The van der Waals surface area contributed by atoms with Crippen LogP contribution in [0.5, 0.6) is 0 Å². The normalized spacial score (nSPS) is 31.0. The summed E-state index contributed by atoms with van der Waals surface area (Å²) >= 11 is 5.88. The number of aromatic nitrogens is 2. The average Bonchev–Trinajstić information content (AvgIpc) is 3.00. The molecule has 2 fully saturated rings. The fourth-order valence-corrected chi connectivity index (χ4v) is 5.08. The van der Waals surface area contributed by atoms with Crippen molar-refractivity contribution in [2.45, 2.75) is 18.9 Å². The third-order valence-electron chi connectivity index (χ3n) is 4.03. The molecule has 0 aromatic carbocycles.